The van der Waals surface area contributed by atoms with Gasteiger partial charge in [-0.1, -0.05) is 31.0 Å². The number of halogens is 1. The molecule has 2 heteroatoms. The van der Waals surface area contributed by atoms with Gasteiger partial charge >= 0.3 is 0 Å². The van der Waals surface area contributed by atoms with Gasteiger partial charge in [-0.25, -0.2) is 0 Å². The minimum absolute atomic E-state index is 0.640. The monoisotopic (exact) mass is 237 g/mol. The predicted octanol–water partition coefficient (Wildman–Crippen LogP) is 4.72. The van der Waals surface area contributed by atoms with Crippen LogP contribution in [0.5, 0.6) is 0 Å². The molecular weight excluding hydrogens is 218 g/mol. The fourth-order valence-electron chi connectivity index (χ4n) is 2.53. The van der Waals surface area contributed by atoms with Gasteiger partial charge in [0.15, 0.2) is 0 Å². The standard InChI is InChI=1S/C14H20ClN/c1-2-11-6-8-13(9-7-11)16-14-5-3-4-12(15)10-14/h3-5,10-11,13,16H,2,6-9H2,1H3. The van der Waals surface area contributed by atoms with Crippen molar-refractivity contribution in [1.29, 1.82) is 0 Å². The Labute approximate surface area is 103 Å². The van der Waals surface area contributed by atoms with E-state index in [1.54, 1.807) is 0 Å². The van der Waals surface area contributed by atoms with Crippen molar-refractivity contribution >= 4 is 17.3 Å². The Morgan fingerprint density at radius 2 is 2.00 bits per heavy atom. The molecule has 1 nitrogen and oxygen atoms in total. The van der Waals surface area contributed by atoms with E-state index in [-0.39, 0.29) is 0 Å². The third-order valence-electron chi connectivity index (χ3n) is 3.62. The average molecular weight is 238 g/mol. The van der Waals surface area contributed by atoms with E-state index in [9.17, 15) is 0 Å². The summed E-state index contributed by atoms with van der Waals surface area (Å²) in [5.41, 5.74) is 1.16. The summed E-state index contributed by atoms with van der Waals surface area (Å²) in [6, 6.07) is 8.66. The van der Waals surface area contributed by atoms with Crippen molar-refractivity contribution in [3.63, 3.8) is 0 Å². The molecular formula is C14H20ClN. The first kappa shape index (κ1) is 11.8. The Balaban J connectivity index is 1.87. The van der Waals surface area contributed by atoms with Crippen molar-refractivity contribution in [3.05, 3.63) is 29.3 Å². The van der Waals surface area contributed by atoms with Crippen molar-refractivity contribution in [2.24, 2.45) is 5.92 Å². The molecule has 0 aliphatic heterocycles. The smallest absolute Gasteiger partial charge is 0.0426 e. The summed E-state index contributed by atoms with van der Waals surface area (Å²) < 4.78 is 0. The molecule has 1 aliphatic carbocycles. The van der Waals surface area contributed by atoms with Crippen molar-refractivity contribution in [1.82, 2.24) is 0 Å². The van der Waals surface area contributed by atoms with Crippen molar-refractivity contribution in [2.75, 3.05) is 5.32 Å². The second kappa shape index (κ2) is 5.58. The topological polar surface area (TPSA) is 12.0 Å². The van der Waals surface area contributed by atoms with Crippen LogP contribution in [0.25, 0.3) is 0 Å². The Hall–Kier alpha value is -0.690. The molecule has 1 aromatic carbocycles. The summed E-state index contributed by atoms with van der Waals surface area (Å²) in [5.74, 6) is 0.956. The minimum atomic E-state index is 0.640. The van der Waals surface area contributed by atoms with Crippen LogP contribution >= 0.6 is 11.6 Å². The van der Waals surface area contributed by atoms with Gasteiger partial charge in [-0.05, 0) is 49.8 Å². The lowest BCUT2D eigenvalue weighted by atomic mass is 9.84. The van der Waals surface area contributed by atoms with Crippen molar-refractivity contribution in [3.8, 4) is 0 Å². The van der Waals surface area contributed by atoms with E-state index < -0.39 is 0 Å². The van der Waals surface area contributed by atoms with E-state index in [0.29, 0.717) is 6.04 Å². The number of hydrogen-bond acceptors (Lipinski definition) is 1. The molecule has 1 fully saturated rings. The highest BCUT2D eigenvalue weighted by Crippen LogP contribution is 2.28. The minimum Gasteiger partial charge on any atom is -0.382 e. The van der Waals surface area contributed by atoms with E-state index in [2.05, 4.69) is 18.3 Å². The fourth-order valence-corrected chi connectivity index (χ4v) is 2.72. The van der Waals surface area contributed by atoms with Gasteiger partial charge in [-0.3, -0.25) is 0 Å². The van der Waals surface area contributed by atoms with Crippen molar-refractivity contribution < 1.29 is 0 Å². The lowest BCUT2D eigenvalue weighted by Gasteiger charge is -2.29. The highest BCUT2D eigenvalue weighted by Gasteiger charge is 2.19. The molecule has 0 bridgehead atoms. The van der Waals surface area contributed by atoms with Crippen LogP contribution in [0, 0.1) is 5.92 Å². The normalized spacial score (nSPS) is 25.4. The van der Waals surface area contributed by atoms with Crippen LogP contribution in [0.4, 0.5) is 5.69 Å². The number of benzene rings is 1. The molecule has 88 valence electrons. The van der Waals surface area contributed by atoms with Gasteiger partial charge in [0.05, 0.1) is 0 Å². The molecule has 1 aliphatic rings. The van der Waals surface area contributed by atoms with Gasteiger partial charge in [0.2, 0.25) is 0 Å². The molecule has 0 spiro atoms. The molecule has 1 N–H and O–H groups in total. The third-order valence-corrected chi connectivity index (χ3v) is 3.85. The number of rotatable bonds is 3. The van der Waals surface area contributed by atoms with Crippen LogP contribution in [0.15, 0.2) is 24.3 Å². The molecule has 0 atom stereocenters. The first-order valence-corrected chi connectivity index (χ1v) is 6.68. The maximum absolute atomic E-state index is 5.97. The zero-order chi connectivity index (χ0) is 11.4. The van der Waals surface area contributed by atoms with Gasteiger partial charge in [0.25, 0.3) is 0 Å². The number of nitrogens with one attached hydrogen (secondary N) is 1. The van der Waals surface area contributed by atoms with Crippen LogP contribution in [0.1, 0.15) is 39.0 Å². The highest BCUT2D eigenvalue weighted by molar-refractivity contribution is 6.30. The largest absolute Gasteiger partial charge is 0.382 e. The van der Waals surface area contributed by atoms with E-state index in [0.717, 1.165) is 16.6 Å². The predicted molar refractivity (Wildman–Crippen MR) is 71.1 cm³/mol. The zero-order valence-corrected chi connectivity index (χ0v) is 10.6. The van der Waals surface area contributed by atoms with Crippen LogP contribution in [0.2, 0.25) is 5.02 Å². The lowest BCUT2D eigenvalue weighted by Crippen LogP contribution is -2.25. The Morgan fingerprint density at radius 1 is 1.25 bits per heavy atom. The molecule has 1 aromatic rings. The van der Waals surface area contributed by atoms with Gasteiger partial charge in [0.1, 0.15) is 0 Å². The molecule has 1 saturated carbocycles. The summed E-state index contributed by atoms with van der Waals surface area (Å²) >= 11 is 5.97. The summed E-state index contributed by atoms with van der Waals surface area (Å²) in [4.78, 5) is 0. The fraction of sp³-hybridized carbons (Fsp3) is 0.571. The van der Waals surface area contributed by atoms with Crippen LogP contribution in [-0.2, 0) is 0 Å². The van der Waals surface area contributed by atoms with Gasteiger partial charge < -0.3 is 5.32 Å². The van der Waals surface area contributed by atoms with Gasteiger partial charge in [-0.2, -0.15) is 0 Å². The van der Waals surface area contributed by atoms with Gasteiger partial charge in [0, 0.05) is 16.8 Å². The average Bonchev–Trinajstić information content (AvgIpc) is 2.30. The Morgan fingerprint density at radius 3 is 2.62 bits per heavy atom. The molecule has 2 rings (SSSR count). The van der Waals surface area contributed by atoms with Gasteiger partial charge in [-0.15, -0.1) is 0 Å². The maximum Gasteiger partial charge on any atom is 0.0426 e. The highest BCUT2D eigenvalue weighted by atomic mass is 35.5. The number of anilines is 1. The first-order valence-electron chi connectivity index (χ1n) is 6.30. The van der Waals surface area contributed by atoms with E-state index in [4.69, 9.17) is 11.6 Å². The summed E-state index contributed by atoms with van der Waals surface area (Å²) in [6.45, 7) is 2.30. The first-order chi connectivity index (χ1) is 7.78. The second-order valence-electron chi connectivity index (χ2n) is 4.78. The molecule has 16 heavy (non-hydrogen) atoms. The lowest BCUT2D eigenvalue weighted by molar-refractivity contribution is 0.330. The van der Waals surface area contributed by atoms with E-state index >= 15 is 0 Å². The molecule has 0 unspecified atom stereocenters. The molecule has 0 heterocycles. The quantitative estimate of drug-likeness (QED) is 0.802. The second-order valence-corrected chi connectivity index (χ2v) is 5.22. The molecule has 0 saturated heterocycles. The summed E-state index contributed by atoms with van der Waals surface area (Å²) in [6.07, 6.45) is 6.67. The maximum atomic E-state index is 5.97. The Bertz CT molecular complexity index is 329. The molecule has 0 aromatic heterocycles. The summed E-state index contributed by atoms with van der Waals surface area (Å²) in [5, 5.41) is 4.39. The third kappa shape index (κ3) is 3.15. The van der Waals surface area contributed by atoms with Crippen LogP contribution in [0.3, 0.4) is 0 Å². The zero-order valence-electron chi connectivity index (χ0n) is 9.88. The summed E-state index contributed by atoms with van der Waals surface area (Å²) in [7, 11) is 0. The Kier molecular flexibility index (Phi) is 4.11. The van der Waals surface area contributed by atoms with Crippen LogP contribution < -0.4 is 5.32 Å². The number of hydrogen-bond donors (Lipinski definition) is 1. The van der Waals surface area contributed by atoms with E-state index in [1.165, 1.54) is 32.1 Å². The van der Waals surface area contributed by atoms with Crippen LogP contribution in [-0.4, -0.2) is 6.04 Å². The van der Waals surface area contributed by atoms with E-state index in [1.807, 2.05) is 18.2 Å². The SMILES string of the molecule is CCC1CCC(Nc2cccc(Cl)c2)CC1. The molecule has 0 amide bonds. The van der Waals surface area contributed by atoms with Crippen molar-refractivity contribution in [2.45, 2.75) is 45.1 Å². The molecule has 0 radical (unpaired) electrons.